The smallest absolute Gasteiger partial charge is 0.284 e. The van der Waals surface area contributed by atoms with Gasteiger partial charge in [0.15, 0.2) is 5.17 Å². The van der Waals surface area contributed by atoms with E-state index in [2.05, 4.69) is 11.0 Å². The van der Waals surface area contributed by atoms with Crippen molar-refractivity contribution in [1.82, 2.24) is 4.90 Å². The van der Waals surface area contributed by atoms with Crippen LogP contribution in [0, 0.1) is 0 Å². The molecule has 2 rings (SSSR count). The van der Waals surface area contributed by atoms with E-state index in [1.54, 1.807) is 37.3 Å². The van der Waals surface area contributed by atoms with Crippen molar-refractivity contribution in [3.05, 3.63) is 42.5 Å². The molecule has 0 aliphatic carbocycles. The van der Waals surface area contributed by atoms with Gasteiger partial charge in [0.1, 0.15) is 0 Å². The average molecular weight is 338 g/mol. The van der Waals surface area contributed by atoms with Gasteiger partial charge in [0.2, 0.25) is 5.91 Å². The summed E-state index contributed by atoms with van der Waals surface area (Å²) < 4.78 is 28.6. The lowest BCUT2D eigenvalue weighted by Gasteiger charge is -2.13. The molecule has 1 aromatic rings. The van der Waals surface area contributed by atoms with Crippen molar-refractivity contribution < 1.29 is 13.2 Å². The first-order chi connectivity index (χ1) is 10.4. The van der Waals surface area contributed by atoms with E-state index in [1.165, 1.54) is 4.90 Å². The molecular weight excluding hydrogens is 320 g/mol. The van der Waals surface area contributed by atoms with Crippen molar-refractivity contribution in [3.8, 4) is 0 Å². The summed E-state index contributed by atoms with van der Waals surface area (Å²) in [4.78, 5) is 13.5. The highest BCUT2D eigenvalue weighted by molar-refractivity contribution is 8.16. The van der Waals surface area contributed by atoms with Crippen molar-refractivity contribution in [2.24, 2.45) is 4.40 Å². The first-order valence-corrected chi connectivity index (χ1v) is 9.24. The average Bonchev–Trinajstić information content (AvgIpc) is 2.75. The molecule has 1 aliphatic heterocycles. The highest BCUT2D eigenvalue weighted by atomic mass is 32.2. The van der Waals surface area contributed by atoms with E-state index in [0.29, 0.717) is 0 Å². The maximum atomic E-state index is 12.4. The first kappa shape index (κ1) is 16.8. The molecule has 5 nitrogen and oxygen atoms in total. The van der Waals surface area contributed by atoms with Gasteiger partial charge in [0, 0.05) is 6.54 Å². The highest BCUT2D eigenvalue weighted by Gasteiger charge is 2.35. The van der Waals surface area contributed by atoms with E-state index in [4.69, 9.17) is 0 Å². The van der Waals surface area contributed by atoms with Crippen LogP contribution in [0.3, 0.4) is 0 Å². The number of carbonyl (C=O) groups is 1. The largest absolute Gasteiger partial charge is 0.286 e. The summed E-state index contributed by atoms with van der Waals surface area (Å²) in [5.74, 6) is -0.153. The summed E-state index contributed by atoms with van der Waals surface area (Å²) >= 11 is 1.15. The topological polar surface area (TPSA) is 66.8 Å². The van der Waals surface area contributed by atoms with Gasteiger partial charge in [-0.25, -0.2) is 0 Å². The number of aryl methyl sites for hydroxylation is 1. The normalized spacial score (nSPS) is 20.6. The van der Waals surface area contributed by atoms with Gasteiger partial charge < -0.3 is 0 Å². The summed E-state index contributed by atoms with van der Waals surface area (Å²) in [7, 11) is -3.83. The van der Waals surface area contributed by atoms with E-state index in [0.717, 1.165) is 23.7 Å². The molecule has 0 aromatic heterocycles. The van der Waals surface area contributed by atoms with E-state index < -0.39 is 10.0 Å². The lowest BCUT2D eigenvalue weighted by atomic mass is 10.2. The standard InChI is InChI=1S/C15H18N2O3S2/c1-4-10-17-14(18)11(3)21-15(17)16-22(19,20)13-8-6-12(5-2)7-9-13/h4,6-9,11H,1,5,10H2,2-3H3/t11-/m1/s1. The Kier molecular flexibility index (Phi) is 5.08. The molecule has 7 heteroatoms. The molecule has 22 heavy (non-hydrogen) atoms. The molecule has 0 radical (unpaired) electrons. The molecule has 1 aromatic carbocycles. The van der Waals surface area contributed by atoms with Crippen molar-refractivity contribution in [2.45, 2.75) is 30.4 Å². The fourth-order valence-corrected chi connectivity index (χ4v) is 4.20. The van der Waals surface area contributed by atoms with Crippen LogP contribution < -0.4 is 0 Å². The zero-order valence-electron chi connectivity index (χ0n) is 12.5. The summed E-state index contributed by atoms with van der Waals surface area (Å²) in [5.41, 5.74) is 1.05. The molecule has 0 N–H and O–H groups in total. The molecule has 1 amide bonds. The van der Waals surface area contributed by atoms with E-state index in [-0.39, 0.29) is 27.8 Å². The fourth-order valence-electron chi connectivity index (χ4n) is 2.01. The monoisotopic (exact) mass is 338 g/mol. The Morgan fingerprint density at radius 1 is 1.36 bits per heavy atom. The van der Waals surface area contributed by atoms with Gasteiger partial charge in [-0.05, 0) is 31.0 Å². The van der Waals surface area contributed by atoms with Gasteiger partial charge in [0.25, 0.3) is 10.0 Å². The maximum absolute atomic E-state index is 12.4. The zero-order valence-corrected chi connectivity index (χ0v) is 14.2. The summed E-state index contributed by atoms with van der Waals surface area (Å²) in [6.07, 6.45) is 2.39. The van der Waals surface area contributed by atoms with Crippen LogP contribution in [0.15, 0.2) is 46.2 Å². The first-order valence-electron chi connectivity index (χ1n) is 6.92. The van der Waals surface area contributed by atoms with Crippen molar-refractivity contribution in [2.75, 3.05) is 6.54 Å². The van der Waals surface area contributed by atoms with Crippen LogP contribution in [0.25, 0.3) is 0 Å². The lowest BCUT2D eigenvalue weighted by Crippen LogP contribution is -2.31. The predicted molar refractivity (Wildman–Crippen MR) is 89.4 cm³/mol. The van der Waals surface area contributed by atoms with E-state index >= 15 is 0 Å². The zero-order chi connectivity index (χ0) is 16.3. The Bertz CT molecular complexity index is 709. The molecule has 0 saturated carbocycles. The minimum Gasteiger partial charge on any atom is -0.286 e. The van der Waals surface area contributed by atoms with E-state index in [1.807, 2.05) is 6.92 Å². The Morgan fingerprint density at radius 2 is 2.00 bits per heavy atom. The van der Waals surface area contributed by atoms with Gasteiger partial charge in [-0.3, -0.25) is 9.69 Å². The van der Waals surface area contributed by atoms with Gasteiger partial charge in [0.05, 0.1) is 10.1 Å². The maximum Gasteiger partial charge on any atom is 0.284 e. The number of hydrogen-bond donors (Lipinski definition) is 0. The number of amidine groups is 1. The minimum atomic E-state index is -3.83. The third kappa shape index (κ3) is 3.41. The number of thioether (sulfide) groups is 1. The molecular formula is C15H18N2O3S2. The summed E-state index contributed by atoms with van der Waals surface area (Å²) in [6, 6.07) is 6.62. The van der Waals surface area contributed by atoms with Crippen molar-refractivity contribution in [1.29, 1.82) is 0 Å². The van der Waals surface area contributed by atoms with Gasteiger partial charge >= 0.3 is 0 Å². The molecule has 1 atom stereocenters. The van der Waals surface area contributed by atoms with Crippen LogP contribution in [-0.2, 0) is 21.2 Å². The molecule has 1 aliphatic rings. The second-order valence-electron chi connectivity index (χ2n) is 4.84. The number of sulfonamides is 1. The molecule has 0 spiro atoms. The number of carbonyl (C=O) groups excluding carboxylic acids is 1. The second kappa shape index (κ2) is 6.66. The molecule has 1 saturated heterocycles. The number of amides is 1. The Hall–Kier alpha value is -1.60. The second-order valence-corrected chi connectivity index (χ2v) is 7.76. The Balaban J connectivity index is 2.36. The molecule has 118 valence electrons. The molecule has 1 fully saturated rings. The van der Waals surface area contributed by atoms with Gasteiger partial charge in [-0.15, -0.1) is 11.0 Å². The highest BCUT2D eigenvalue weighted by Crippen LogP contribution is 2.28. The van der Waals surface area contributed by atoms with Gasteiger partial charge in [-0.2, -0.15) is 8.42 Å². The van der Waals surface area contributed by atoms with Crippen molar-refractivity contribution in [3.63, 3.8) is 0 Å². The number of hydrogen-bond acceptors (Lipinski definition) is 4. The SMILES string of the molecule is C=CCN1C(=O)[C@@H](C)SC1=NS(=O)(=O)c1ccc(CC)cc1. The van der Waals surface area contributed by atoms with Crippen LogP contribution in [-0.4, -0.2) is 36.2 Å². The fraction of sp³-hybridized carbons (Fsp3) is 0.333. The van der Waals surface area contributed by atoms with Crippen LogP contribution in [0.5, 0.6) is 0 Å². The summed E-state index contributed by atoms with van der Waals surface area (Å²) in [6.45, 7) is 7.56. The molecule has 0 bridgehead atoms. The van der Waals surface area contributed by atoms with Crippen LogP contribution in [0.1, 0.15) is 19.4 Å². The predicted octanol–water partition coefficient (Wildman–Crippen LogP) is 2.44. The Labute approximate surface area is 135 Å². The number of nitrogens with zero attached hydrogens (tertiary/aromatic N) is 2. The minimum absolute atomic E-state index is 0.128. The van der Waals surface area contributed by atoms with Crippen molar-refractivity contribution >= 4 is 32.9 Å². The molecule has 0 unspecified atom stereocenters. The van der Waals surface area contributed by atoms with E-state index in [9.17, 15) is 13.2 Å². The van der Waals surface area contributed by atoms with Gasteiger partial charge in [-0.1, -0.05) is 36.9 Å². The quantitative estimate of drug-likeness (QED) is 0.774. The lowest BCUT2D eigenvalue weighted by molar-refractivity contribution is -0.125. The third-order valence-corrected chi connectivity index (χ3v) is 5.74. The number of rotatable bonds is 5. The summed E-state index contributed by atoms with van der Waals surface area (Å²) in [5, 5.41) is -0.131. The molecule has 1 heterocycles. The number of benzene rings is 1. The van der Waals surface area contributed by atoms with Crippen LogP contribution in [0.4, 0.5) is 0 Å². The van der Waals surface area contributed by atoms with Crippen LogP contribution in [0.2, 0.25) is 0 Å². The van der Waals surface area contributed by atoms with Crippen LogP contribution >= 0.6 is 11.8 Å². The third-order valence-electron chi connectivity index (χ3n) is 3.27. The Morgan fingerprint density at radius 3 is 2.55 bits per heavy atom.